The fourth-order valence-corrected chi connectivity index (χ4v) is 2.82. The van der Waals surface area contributed by atoms with Crippen LogP contribution in [0.5, 0.6) is 0 Å². The minimum absolute atomic E-state index is 0.289. The van der Waals surface area contributed by atoms with E-state index in [2.05, 4.69) is 6.07 Å². The van der Waals surface area contributed by atoms with Gasteiger partial charge in [0.2, 0.25) is 0 Å². The summed E-state index contributed by atoms with van der Waals surface area (Å²) in [7, 11) is 0. The monoisotopic (exact) mass is 272 g/mol. The largest absolute Gasteiger partial charge is 0.385 e. The second-order valence-corrected chi connectivity index (χ2v) is 5.19. The highest BCUT2D eigenvalue weighted by atomic mass is 19.1. The Hall–Kier alpha value is -1.71. The zero-order valence-corrected chi connectivity index (χ0v) is 11.3. The fraction of sp³-hybridized carbons (Fsp3) is 0.294. The number of aliphatic hydroxyl groups excluding tert-OH is 1. The predicted octanol–water partition coefficient (Wildman–Crippen LogP) is 3.48. The van der Waals surface area contributed by atoms with Crippen molar-refractivity contribution in [3.05, 3.63) is 70.5 Å². The summed E-state index contributed by atoms with van der Waals surface area (Å²) in [6.45, 7) is 2.40. The number of hydrogen-bond acceptors (Lipinski definition) is 2. The van der Waals surface area contributed by atoms with Crippen LogP contribution in [0.25, 0.3) is 0 Å². The van der Waals surface area contributed by atoms with Crippen LogP contribution in [0.15, 0.2) is 42.5 Å². The first kappa shape index (κ1) is 13.3. The van der Waals surface area contributed by atoms with Gasteiger partial charge in [-0.15, -0.1) is 0 Å². The first-order chi connectivity index (χ1) is 9.66. The van der Waals surface area contributed by atoms with E-state index >= 15 is 0 Å². The standard InChI is InChI=1S/C17H17FO2/c1-11-10-13(18)6-7-14(11)16(19)17-15-5-3-2-4-12(15)8-9-20-17/h2-7,10,16-17,19H,8-9H2,1H3. The topological polar surface area (TPSA) is 29.5 Å². The minimum atomic E-state index is -0.781. The lowest BCUT2D eigenvalue weighted by molar-refractivity contribution is -0.0485. The van der Waals surface area contributed by atoms with Crippen LogP contribution >= 0.6 is 0 Å². The summed E-state index contributed by atoms with van der Waals surface area (Å²) >= 11 is 0. The van der Waals surface area contributed by atoms with Gasteiger partial charge in [0.1, 0.15) is 18.0 Å². The number of ether oxygens (including phenoxy) is 1. The smallest absolute Gasteiger partial charge is 0.123 e. The van der Waals surface area contributed by atoms with Crippen LogP contribution in [0.2, 0.25) is 0 Å². The molecule has 0 fully saturated rings. The molecule has 0 radical (unpaired) electrons. The van der Waals surface area contributed by atoms with Crippen molar-refractivity contribution in [2.45, 2.75) is 25.6 Å². The number of halogens is 1. The van der Waals surface area contributed by atoms with Crippen LogP contribution in [0.3, 0.4) is 0 Å². The average Bonchev–Trinajstić information content (AvgIpc) is 2.46. The van der Waals surface area contributed by atoms with Gasteiger partial charge in [-0.05, 0) is 47.7 Å². The number of rotatable bonds is 2. The van der Waals surface area contributed by atoms with Crippen LogP contribution < -0.4 is 0 Å². The Bertz CT molecular complexity index is 624. The predicted molar refractivity (Wildman–Crippen MR) is 74.9 cm³/mol. The molecular formula is C17H17FO2. The highest BCUT2D eigenvalue weighted by Crippen LogP contribution is 2.37. The molecular weight excluding hydrogens is 255 g/mol. The molecule has 0 saturated carbocycles. The van der Waals surface area contributed by atoms with Crippen molar-refractivity contribution >= 4 is 0 Å². The van der Waals surface area contributed by atoms with E-state index in [0.717, 1.165) is 17.5 Å². The van der Waals surface area contributed by atoms with Crippen LogP contribution in [0.1, 0.15) is 34.5 Å². The maximum absolute atomic E-state index is 13.2. The molecule has 1 aliphatic heterocycles. The fourth-order valence-electron chi connectivity index (χ4n) is 2.82. The van der Waals surface area contributed by atoms with Gasteiger partial charge in [-0.25, -0.2) is 4.39 Å². The second-order valence-electron chi connectivity index (χ2n) is 5.19. The van der Waals surface area contributed by atoms with Gasteiger partial charge in [0.15, 0.2) is 0 Å². The summed E-state index contributed by atoms with van der Waals surface area (Å²) in [5.74, 6) is -0.289. The number of fused-ring (bicyclic) bond motifs is 1. The molecule has 104 valence electrons. The van der Waals surface area contributed by atoms with Crippen LogP contribution in [-0.4, -0.2) is 11.7 Å². The van der Waals surface area contributed by atoms with Crippen molar-refractivity contribution in [3.8, 4) is 0 Å². The van der Waals surface area contributed by atoms with Crippen LogP contribution in [-0.2, 0) is 11.2 Å². The molecule has 2 nitrogen and oxygen atoms in total. The van der Waals surface area contributed by atoms with Crippen molar-refractivity contribution in [2.75, 3.05) is 6.61 Å². The maximum Gasteiger partial charge on any atom is 0.123 e. The van der Waals surface area contributed by atoms with Crippen molar-refractivity contribution in [2.24, 2.45) is 0 Å². The lowest BCUT2D eigenvalue weighted by Gasteiger charge is -2.30. The van der Waals surface area contributed by atoms with E-state index in [1.807, 2.05) is 18.2 Å². The van der Waals surface area contributed by atoms with E-state index in [1.165, 1.54) is 17.7 Å². The van der Waals surface area contributed by atoms with Crippen molar-refractivity contribution < 1.29 is 14.2 Å². The Labute approximate surface area is 117 Å². The molecule has 2 atom stereocenters. The molecule has 0 bridgehead atoms. The van der Waals surface area contributed by atoms with E-state index in [4.69, 9.17) is 4.74 Å². The third kappa shape index (κ3) is 2.35. The van der Waals surface area contributed by atoms with E-state index in [9.17, 15) is 9.50 Å². The summed E-state index contributed by atoms with van der Waals surface area (Å²) in [5.41, 5.74) is 3.69. The number of aliphatic hydroxyl groups is 1. The van der Waals surface area contributed by atoms with E-state index in [-0.39, 0.29) is 11.9 Å². The first-order valence-corrected chi connectivity index (χ1v) is 6.80. The second kappa shape index (κ2) is 5.35. The molecule has 2 unspecified atom stereocenters. The van der Waals surface area contributed by atoms with Gasteiger partial charge in [0.05, 0.1) is 6.61 Å². The maximum atomic E-state index is 13.2. The normalized spacial score (nSPS) is 19.4. The molecule has 1 heterocycles. The molecule has 0 amide bonds. The van der Waals surface area contributed by atoms with Gasteiger partial charge >= 0.3 is 0 Å². The number of benzene rings is 2. The van der Waals surface area contributed by atoms with Crippen LogP contribution in [0.4, 0.5) is 4.39 Å². The quantitative estimate of drug-likeness (QED) is 0.907. The molecule has 0 spiro atoms. The summed E-state index contributed by atoms with van der Waals surface area (Å²) in [4.78, 5) is 0. The van der Waals surface area contributed by atoms with Crippen molar-refractivity contribution in [1.29, 1.82) is 0 Å². The molecule has 2 aromatic carbocycles. The highest BCUT2D eigenvalue weighted by molar-refractivity contribution is 5.36. The van der Waals surface area contributed by atoms with Crippen molar-refractivity contribution in [3.63, 3.8) is 0 Å². The SMILES string of the molecule is Cc1cc(F)ccc1C(O)C1OCCc2ccccc21. The van der Waals surface area contributed by atoms with Crippen molar-refractivity contribution in [1.82, 2.24) is 0 Å². The van der Waals surface area contributed by atoms with E-state index < -0.39 is 6.10 Å². The van der Waals surface area contributed by atoms with Gasteiger partial charge in [0, 0.05) is 0 Å². The lowest BCUT2D eigenvalue weighted by Crippen LogP contribution is -2.22. The van der Waals surface area contributed by atoms with E-state index in [1.54, 1.807) is 13.0 Å². The molecule has 3 rings (SSSR count). The summed E-state index contributed by atoms with van der Waals surface area (Å²) in [5, 5.41) is 10.6. The Morgan fingerprint density at radius 2 is 2.05 bits per heavy atom. The molecule has 20 heavy (non-hydrogen) atoms. The molecule has 2 aromatic rings. The summed E-state index contributed by atoms with van der Waals surface area (Å²) in [6.07, 6.45) is -0.303. The minimum Gasteiger partial charge on any atom is -0.385 e. The Balaban J connectivity index is 1.97. The third-order valence-corrected chi connectivity index (χ3v) is 3.87. The lowest BCUT2D eigenvalue weighted by atomic mass is 9.90. The third-order valence-electron chi connectivity index (χ3n) is 3.87. The first-order valence-electron chi connectivity index (χ1n) is 6.80. The summed E-state index contributed by atoms with van der Waals surface area (Å²) < 4.78 is 18.9. The number of aryl methyl sites for hydroxylation is 1. The van der Waals surface area contributed by atoms with Gasteiger partial charge < -0.3 is 9.84 Å². The molecule has 1 N–H and O–H groups in total. The van der Waals surface area contributed by atoms with Gasteiger partial charge in [-0.2, -0.15) is 0 Å². The molecule has 0 aliphatic carbocycles. The van der Waals surface area contributed by atoms with Gasteiger partial charge in [-0.1, -0.05) is 30.3 Å². The Morgan fingerprint density at radius 1 is 1.25 bits per heavy atom. The average molecular weight is 272 g/mol. The molecule has 0 saturated heterocycles. The molecule has 1 aliphatic rings. The molecule has 0 aromatic heterocycles. The van der Waals surface area contributed by atoms with Gasteiger partial charge in [-0.3, -0.25) is 0 Å². The Kier molecular flexibility index (Phi) is 3.55. The van der Waals surface area contributed by atoms with E-state index in [0.29, 0.717) is 12.2 Å². The zero-order chi connectivity index (χ0) is 14.1. The van der Waals surface area contributed by atoms with Crippen LogP contribution in [0, 0.1) is 12.7 Å². The molecule has 3 heteroatoms. The Morgan fingerprint density at radius 3 is 2.85 bits per heavy atom. The highest BCUT2D eigenvalue weighted by Gasteiger charge is 2.29. The number of hydrogen-bond donors (Lipinski definition) is 1. The van der Waals surface area contributed by atoms with Gasteiger partial charge in [0.25, 0.3) is 0 Å². The zero-order valence-electron chi connectivity index (χ0n) is 11.3. The summed E-state index contributed by atoms with van der Waals surface area (Å²) in [6, 6.07) is 12.4.